The first-order chi connectivity index (χ1) is 16.4. The average Bonchev–Trinajstić information content (AvgIpc) is 3.18. The van der Waals surface area contributed by atoms with Crippen LogP contribution in [-0.2, 0) is 23.6 Å². The van der Waals surface area contributed by atoms with Gasteiger partial charge in [0.1, 0.15) is 5.56 Å². The Morgan fingerprint density at radius 3 is 2.31 bits per heavy atom. The summed E-state index contributed by atoms with van der Waals surface area (Å²) in [5, 5.41) is 11.3. The number of anilines is 1. The largest absolute Gasteiger partial charge is 0.422 e. The minimum Gasteiger partial charge on any atom is -0.347 e. The van der Waals surface area contributed by atoms with Crippen LogP contribution in [0.25, 0.3) is 0 Å². The highest BCUT2D eigenvalue weighted by atomic mass is 19.4. The van der Waals surface area contributed by atoms with E-state index < -0.39 is 41.0 Å². The van der Waals surface area contributed by atoms with E-state index in [0.29, 0.717) is 25.9 Å². The van der Waals surface area contributed by atoms with Crippen molar-refractivity contribution in [1.82, 2.24) is 30.8 Å². The Morgan fingerprint density at radius 1 is 1.06 bits per heavy atom. The van der Waals surface area contributed by atoms with E-state index in [1.54, 1.807) is 4.90 Å². The molecule has 0 radical (unpaired) electrons. The van der Waals surface area contributed by atoms with Crippen LogP contribution in [0, 0.1) is 0 Å². The van der Waals surface area contributed by atoms with Crippen LogP contribution in [0.5, 0.6) is 0 Å². The van der Waals surface area contributed by atoms with Crippen molar-refractivity contribution in [3.05, 3.63) is 45.1 Å². The molecule has 3 N–H and O–H groups in total. The van der Waals surface area contributed by atoms with E-state index in [9.17, 15) is 35.9 Å². The number of H-pyrrole nitrogens is 1. The molecule has 0 bridgehead atoms. The number of alkyl halides is 6. The lowest BCUT2D eigenvalue weighted by Crippen LogP contribution is -2.46. The molecule has 0 aromatic carbocycles. The zero-order valence-electron chi connectivity index (χ0n) is 18.1. The highest BCUT2D eigenvalue weighted by molar-refractivity contribution is 5.78. The Balaban J connectivity index is 1.27. The lowest BCUT2D eigenvalue weighted by Gasteiger charge is -2.32. The number of aromatic amines is 1. The summed E-state index contributed by atoms with van der Waals surface area (Å²) in [5.41, 5.74) is -3.70. The van der Waals surface area contributed by atoms with Crippen LogP contribution in [-0.4, -0.2) is 51.7 Å². The summed E-state index contributed by atoms with van der Waals surface area (Å²) in [6.45, 7) is 0.860. The van der Waals surface area contributed by atoms with Crippen LogP contribution >= 0.6 is 0 Å². The lowest BCUT2D eigenvalue weighted by molar-refractivity contribution is -0.139. The standard InChI is InChI=1S/C20H21F6N7O2/c21-19(22,23)10-7-28-18(29-8-10)33-5-3-11(4-6-33)27-9-14(34)30-13-2-1-12-15(20(24,25)26)17(35)32-31-16(12)13/h7-8,11,13,27H,1-6,9H2,(H,30,34)(H,32,35). The summed E-state index contributed by atoms with van der Waals surface area (Å²) in [6.07, 6.45) is -6.51. The van der Waals surface area contributed by atoms with Gasteiger partial charge in [-0.05, 0) is 31.2 Å². The van der Waals surface area contributed by atoms with Crippen LogP contribution in [0.1, 0.15) is 47.7 Å². The van der Waals surface area contributed by atoms with Crippen molar-refractivity contribution < 1.29 is 31.1 Å². The predicted octanol–water partition coefficient (Wildman–Crippen LogP) is 1.96. The molecule has 190 valence electrons. The number of hydrogen-bond acceptors (Lipinski definition) is 7. The monoisotopic (exact) mass is 505 g/mol. The fraction of sp³-hybridized carbons (Fsp3) is 0.550. The van der Waals surface area contributed by atoms with Crippen molar-refractivity contribution in [3.8, 4) is 0 Å². The van der Waals surface area contributed by atoms with Gasteiger partial charge >= 0.3 is 12.4 Å². The number of amides is 1. The van der Waals surface area contributed by atoms with Gasteiger partial charge in [-0.1, -0.05) is 0 Å². The van der Waals surface area contributed by atoms with E-state index in [-0.39, 0.29) is 42.6 Å². The third-order valence-electron chi connectivity index (χ3n) is 6.04. The summed E-state index contributed by atoms with van der Waals surface area (Å²) < 4.78 is 77.6. The SMILES string of the molecule is O=C(CNC1CCN(c2ncc(C(F)(F)F)cn2)CC1)NC1CCc2c1n[nH]c(=O)c2C(F)(F)F. The number of rotatable bonds is 5. The van der Waals surface area contributed by atoms with Crippen molar-refractivity contribution in [2.75, 3.05) is 24.5 Å². The molecule has 0 spiro atoms. The smallest absolute Gasteiger partial charge is 0.347 e. The molecule has 2 aromatic rings. The molecule has 2 aromatic heterocycles. The van der Waals surface area contributed by atoms with Crippen LogP contribution in [0.2, 0.25) is 0 Å². The summed E-state index contributed by atoms with van der Waals surface area (Å²) in [4.78, 5) is 33.3. The molecule has 9 nitrogen and oxygen atoms in total. The van der Waals surface area contributed by atoms with Gasteiger partial charge in [-0.15, -0.1) is 0 Å². The fourth-order valence-electron chi connectivity index (χ4n) is 4.30. The van der Waals surface area contributed by atoms with E-state index in [1.807, 2.05) is 5.10 Å². The third kappa shape index (κ3) is 5.55. The molecule has 4 rings (SSSR count). The Bertz CT molecular complexity index is 1120. The molecular formula is C20H21F6N7O2. The second-order valence-corrected chi connectivity index (χ2v) is 8.36. The van der Waals surface area contributed by atoms with Gasteiger partial charge in [0.15, 0.2) is 0 Å². The van der Waals surface area contributed by atoms with Crippen LogP contribution in [0.4, 0.5) is 32.3 Å². The van der Waals surface area contributed by atoms with Crippen LogP contribution in [0.3, 0.4) is 0 Å². The van der Waals surface area contributed by atoms with E-state index in [4.69, 9.17) is 0 Å². The minimum absolute atomic E-state index is 0.00937. The number of carbonyl (C=O) groups is 1. The Morgan fingerprint density at radius 2 is 1.71 bits per heavy atom. The van der Waals surface area contributed by atoms with E-state index in [0.717, 1.165) is 12.4 Å². The number of fused-ring (bicyclic) bond motifs is 1. The van der Waals surface area contributed by atoms with Crippen molar-refractivity contribution in [2.24, 2.45) is 0 Å². The van der Waals surface area contributed by atoms with Gasteiger partial charge < -0.3 is 15.5 Å². The first-order valence-electron chi connectivity index (χ1n) is 10.8. The van der Waals surface area contributed by atoms with Gasteiger partial charge in [0, 0.05) is 31.5 Å². The van der Waals surface area contributed by atoms with E-state index >= 15 is 0 Å². The lowest BCUT2D eigenvalue weighted by atomic mass is 10.1. The maximum absolute atomic E-state index is 13.2. The summed E-state index contributed by atoms with van der Waals surface area (Å²) in [6, 6.07) is -0.787. The first-order valence-corrected chi connectivity index (χ1v) is 10.8. The molecule has 1 amide bonds. The topological polar surface area (TPSA) is 116 Å². The summed E-state index contributed by atoms with van der Waals surface area (Å²) in [7, 11) is 0. The number of piperidine rings is 1. The average molecular weight is 505 g/mol. The van der Waals surface area contributed by atoms with Gasteiger partial charge in [0.2, 0.25) is 11.9 Å². The highest BCUT2D eigenvalue weighted by Crippen LogP contribution is 2.37. The number of hydrogen-bond donors (Lipinski definition) is 3. The number of nitrogens with one attached hydrogen (secondary N) is 3. The predicted molar refractivity (Wildman–Crippen MR) is 109 cm³/mol. The normalized spacial score (nSPS) is 19.0. The van der Waals surface area contributed by atoms with E-state index in [1.165, 1.54) is 0 Å². The van der Waals surface area contributed by atoms with Crippen molar-refractivity contribution >= 4 is 11.9 Å². The molecule has 35 heavy (non-hydrogen) atoms. The van der Waals surface area contributed by atoms with Crippen molar-refractivity contribution in [1.29, 1.82) is 0 Å². The molecule has 15 heteroatoms. The molecule has 2 aliphatic rings. The van der Waals surface area contributed by atoms with Crippen molar-refractivity contribution in [2.45, 2.75) is 50.1 Å². The Labute approximate surface area is 194 Å². The maximum Gasteiger partial charge on any atom is 0.422 e. The molecule has 0 saturated carbocycles. The number of halogens is 6. The van der Waals surface area contributed by atoms with Gasteiger partial charge in [0.25, 0.3) is 5.56 Å². The second kappa shape index (κ2) is 9.43. The number of carbonyl (C=O) groups excluding carboxylic acids is 1. The third-order valence-corrected chi connectivity index (χ3v) is 6.04. The quantitative estimate of drug-likeness (QED) is 0.532. The van der Waals surface area contributed by atoms with E-state index in [2.05, 4.69) is 25.7 Å². The Kier molecular flexibility index (Phi) is 6.71. The zero-order valence-corrected chi connectivity index (χ0v) is 18.1. The van der Waals surface area contributed by atoms with Gasteiger partial charge in [-0.25, -0.2) is 15.1 Å². The van der Waals surface area contributed by atoms with Gasteiger partial charge in [-0.2, -0.15) is 31.4 Å². The van der Waals surface area contributed by atoms with Gasteiger partial charge in [-0.3, -0.25) is 9.59 Å². The van der Waals surface area contributed by atoms with Crippen LogP contribution in [0.15, 0.2) is 17.2 Å². The number of aromatic nitrogens is 4. The first kappa shape index (κ1) is 24.9. The number of nitrogens with zero attached hydrogens (tertiary/aromatic N) is 4. The summed E-state index contributed by atoms with van der Waals surface area (Å²) >= 11 is 0. The maximum atomic E-state index is 13.2. The summed E-state index contributed by atoms with van der Waals surface area (Å²) in [5.74, 6) is -0.240. The molecule has 1 unspecified atom stereocenters. The molecular weight excluding hydrogens is 484 g/mol. The molecule has 1 saturated heterocycles. The molecule has 3 heterocycles. The molecule has 1 atom stereocenters. The minimum atomic E-state index is -4.82. The zero-order chi connectivity index (χ0) is 25.4. The fourth-order valence-corrected chi connectivity index (χ4v) is 4.30. The van der Waals surface area contributed by atoms with Gasteiger partial charge in [0.05, 0.1) is 23.8 Å². The molecule has 1 aliphatic heterocycles. The van der Waals surface area contributed by atoms with Crippen molar-refractivity contribution in [3.63, 3.8) is 0 Å². The Hall–Kier alpha value is -3.23. The highest BCUT2D eigenvalue weighted by Gasteiger charge is 2.41. The molecule has 1 aliphatic carbocycles. The second-order valence-electron chi connectivity index (χ2n) is 8.36. The van der Waals surface area contributed by atoms with Crippen LogP contribution < -0.4 is 21.1 Å². The molecule has 1 fully saturated rings.